The van der Waals surface area contributed by atoms with Crippen molar-refractivity contribution in [2.75, 3.05) is 7.11 Å². The molecule has 12 heavy (non-hydrogen) atoms. The zero-order chi connectivity index (χ0) is 8.55. The van der Waals surface area contributed by atoms with E-state index in [0.29, 0.717) is 11.7 Å². The molecule has 0 aliphatic carbocycles. The molecule has 2 heterocycles. The Labute approximate surface area is 69.0 Å². The molecular weight excluding hydrogens is 156 g/mol. The number of ether oxygens (including phenoxy) is 1. The number of nitrogens with zero attached hydrogens (tertiary/aromatic N) is 4. The summed E-state index contributed by atoms with van der Waals surface area (Å²) in [5, 5.41) is 0. The molecule has 0 aliphatic rings. The Morgan fingerprint density at radius 1 is 1.42 bits per heavy atom. The first-order valence-electron chi connectivity index (χ1n) is 3.49. The standard InChI is InChI=1S/C7H8N4O/c1-11-4-9-6-5(11)3-8-7(10-6)12-2/h3-4H,1-2H3. The minimum atomic E-state index is 0.348. The Hall–Kier alpha value is -1.65. The number of methoxy groups -OCH3 is 1. The van der Waals surface area contributed by atoms with Gasteiger partial charge in [0.25, 0.3) is 0 Å². The molecule has 0 aliphatic heterocycles. The molecule has 5 nitrogen and oxygen atoms in total. The summed E-state index contributed by atoms with van der Waals surface area (Å²) < 4.78 is 6.72. The van der Waals surface area contributed by atoms with Crippen molar-refractivity contribution in [1.82, 2.24) is 19.5 Å². The Morgan fingerprint density at radius 3 is 3.00 bits per heavy atom. The maximum absolute atomic E-state index is 4.86. The Balaban J connectivity index is 2.69. The summed E-state index contributed by atoms with van der Waals surface area (Å²) in [7, 11) is 3.43. The van der Waals surface area contributed by atoms with Gasteiger partial charge < -0.3 is 9.30 Å². The van der Waals surface area contributed by atoms with Gasteiger partial charge in [-0.25, -0.2) is 9.97 Å². The van der Waals surface area contributed by atoms with Crippen LogP contribution < -0.4 is 4.74 Å². The number of aromatic nitrogens is 4. The Kier molecular flexibility index (Phi) is 1.43. The molecule has 0 fully saturated rings. The summed E-state index contributed by atoms with van der Waals surface area (Å²) in [6, 6.07) is 0.348. The summed E-state index contributed by atoms with van der Waals surface area (Å²) in [5.74, 6) is 0. The molecule has 0 bridgehead atoms. The predicted octanol–water partition coefficient (Wildman–Crippen LogP) is 0.372. The first kappa shape index (κ1) is 7.02. The summed E-state index contributed by atoms with van der Waals surface area (Å²) in [6.45, 7) is 0. The van der Waals surface area contributed by atoms with Crippen LogP contribution in [0.3, 0.4) is 0 Å². The maximum Gasteiger partial charge on any atom is 0.318 e. The third-order valence-corrected chi connectivity index (χ3v) is 1.64. The number of aryl methyl sites for hydroxylation is 1. The second-order valence-corrected chi connectivity index (χ2v) is 2.42. The van der Waals surface area contributed by atoms with E-state index in [9.17, 15) is 0 Å². The van der Waals surface area contributed by atoms with Crippen molar-refractivity contribution in [2.45, 2.75) is 0 Å². The van der Waals surface area contributed by atoms with E-state index in [1.54, 1.807) is 12.5 Å². The molecule has 2 rings (SSSR count). The third kappa shape index (κ3) is 0.903. The topological polar surface area (TPSA) is 52.8 Å². The van der Waals surface area contributed by atoms with Crippen LogP contribution in [0.25, 0.3) is 11.2 Å². The normalized spacial score (nSPS) is 10.5. The average Bonchev–Trinajstić information content (AvgIpc) is 2.47. The monoisotopic (exact) mass is 164 g/mol. The third-order valence-electron chi connectivity index (χ3n) is 1.64. The van der Waals surface area contributed by atoms with Crippen LogP contribution in [0.15, 0.2) is 12.5 Å². The van der Waals surface area contributed by atoms with E-state index in [4.69, 9.17) is 4.74 Å². The van der Waals surface area contributed by atoms with Crippen LogP contribution in [0.2, 0.25) is 0 Å². The van der Waals surface area contributed by atoms with Gasteiger partial charge in [-0.15, -0.1) is 0 Å². The highest BCUT2D eigenvalue weighted by Crippen LogP contribution is 2.10. The SMILES string of the molecule is COc1ncc2c(ncn2C)n1. The number of imidazole rings is 1. The van der Waals surface area contributed by atoms with Gasteiger partial charge in [-0.05, 0) is 0 Å². The van der Waals surface area contributed by atoms with Gasteiger partial charge in [0, 0.05) is 7.05 Å². The van der Waals surface area contributed by atoms with Crippen LogP contribution in [-0.2, 0) is 7.05 Å². The van der Waals surface area contributed by atoms with Crippen molar-refractivity contribution in [1.29, 1.82) is 0 Å². The molecule has 0 saturated heterocycles. The minimum absolute atomic E-state index is 0.348. The molecule has 2 aromatic heterocycles. The van der Waals surface area contributed by atoms with Crippen LogP contribution in [0.1, 0.15) is 0 Å². The molecule has 0 unspecified atom stereocenters. The highest BCUT2D eigenvalue weighted by molar-refractivity contribution is 5.69. The second kappa shape index (κ2) is 2.44. The molecule has 0 amide bonds. The highest BCUT2D eigenvalue weighted by atomic mass is 16.5. The molecule has 0 radical (unpaired) electrons. The molecule has 62 valence electrons. The van der Waals surface area contributed by atoms with Crippen molar-refractivity contribution in [3.63, 3.8) is 0 Å². The lowest BCUT2D eigenvalue weighted by atomic mass is 10.5. The fourth-order valence-electron chi connectivity index (χ4n) is 0.996. The highest BCUT2D eigenvalue weighted by Gasteiger charge is 2.02. The first-order valence-corrected chi connectivity index (χ1v) is 3.49. The zero-order valence-corrected chi connectivity index (χ0v) is 6.85. The molecule has 0 atom stereocenters. The van der Waals surface area contributed by atoms with Gasteiger partial charge in [-0.1, -0.05) is 0 Å². The van der Waals surface area contributed by atoms with Gasteiger partial charge >= 0.3 is 6.01 Å². The molecule has 0 spiro atoms. The molecule has 0 aromatic carbocycles. The van der Waals surface area contributed by atoms with Crippen molar-refractivity contribution in [3.05, 3.63) is 12.5 Å². The van der Waals surface area contributed by atoms with E-state index in [1.165, 1.54) is 7.11 Å². The predicted molar refractivity (Wildman–Crippen MR) is 42.9 cm³/mol. The fraction of sp³-hybridized carbons (Fsp3) is 0.286. The maximum atomic E-state index is 4.86. The lowest BCUT2D eigenvalue weighted by Crippen LogP contribution is -1.92. The first-order chi connectivity index (χ1) is 5.81. The minimum Gasteiger partial charge on any atom is -0.467 e. The van der Waals surface area contributed by atoms with Gasteiger partial charge in [0.2, 0.25) is 0 Å². The van der Waals surface area contributed by atoms with E-state index < -0.39 is 0 Å². The van der Waals surface area contributed by atoms with E-state index in [1.807, 2.05) is 11.6 Å². The summed E-state index contributed by atoms with van der Waals surface area (Å²) in [4.78, 5) is 12.1. The van der Waals surface area contributed by atoms with Crippen LogP contribution in [0.4, 0.5) is 0 Å². The lowest BCUT2D eigenvalue weighted by Gasteiger charge is -1.95. The van der Waals surface area contributed by atoms with Crippen LogP contribution in [0.5, 0.6) is 6.01 Å². The van der Waals surface area contributed by atoms with Crippen molar-refractivity contribution < 1.29 is 4.74 Å². The van der Waals surface area contributed by atoms with Crippen molar-refractivity contribution in [2.24, 2.45) is 7.05 Å². The number of hydrogen-bond donors (Lipinski definition) is 0. The number of hydrogen-bond acceptors (Lipinski definition) is 4. The van der Waals surface area contributed by atoms with Crippen molar-refractivity contribution >= 4 is 11.2 Å². The lowest BCUT2D eigenvalue weighted by molar-refractivity contribution is 0.381. The quantitative estimate of drug-likeness (QED) is 0.611. The molecule has 0 N–H and O–H groups in total. The van der Waals surface area contributed by atoms with E-state index in [-0.39, 0.29) is 0 Å². The van der Waals surface area contributed by atoms with E-state index >= 15 is 0 Å². The Bertz CT molecular complexity index is 409. The van der Waals surface area contributed by atoms with E-state index in [2.05, 4.69) is 15.0 Å². The van der Waals surface area contributed by atoms with Gasteiger partial charge in [0.15, 0.2) is 5.65 Å². The van der Waals surface area contributed by atoms with Crippen LogP contribution in [-0.4, -0.2) is 26.6 Å². The molecule has 2 aromatic rings. The Morgan fingerprint density at radius 2 is 2.25 bits per heavy atom. The van der Waals surface area contributed by atoms with E-state index in [0.717, 1.165) is 5.52 Å². The molecule has 0 saturated carbocycles. The number of fused-ring (bicyclic) bond motifs is 1. The number of rotatable bonds is 1. The molecular formula is C7H8N4O. The summed E-state index contributed by atoms with van der Waals surface area (Å²) >= 11 is 0. The van der Waals surface area contributed by atoms with Gasteiger partial charge in [-0.3, -0.25) is 0 Å². The summed E-state index contributed by atoms with van der Waals surface area (Å²) in [6.07, 6.45) is 3.38. The smallest absolute Gasteiger partial charge is 0.318 e. The van der Waals surface area contributed by atoms with Gasteiger partial charge in [-0.2, -0.15) is 4.98 Å². The summed E-state index contributed by atoms with van der Waals surface area (Å²) in [5.41, 5.74) is 1.56. The molecule has 5 heteroatoms. The fourth-order valence-corrected chi connectivity index (χ4v) is 0.996. The van der Waals surface area contributed by atoms with Crippen molar-refractivity contribution in [3.8, 4) is 6.01 Å². The second-order valence-electron chi connectivity index (χ2n) is 2.42. The van der Waals surface area contributed by atoms with Gasteiger partial charge in [0.05, 0.1) is 19.6 Å². The van der Waals surface area contributed by atoms with Crippen LogP contribution in [0, 0.1) is 0 Å². The zero-order valence-electron chi connectivity index (χ0n) is 6.85. The average molecular weight is 164 g/mol. The van der Waals surface area contributed by atoms with Gasteiger partial charge in [0.1, 0.15) is 5.52 Å². The largest absolute Gasteiger partial charge is 0.467 e. The van der Waals surface area contributed by atoms with Crippen LogP contribution >= 0.6 is 0 Å².